The number of hydrogen-bond acceptors (Lipinski definition) is 5. The summed E-state index contributed by atoms with van der Waals surface area (Å²) in [5.41, 5.74) is 3.94. The Hall–Kier alpha value is -3.94. The fraction of sp³-hybridized carbons (Fsp3) is 0.250. The average Bonchev–Trinajstić information content (AvgIpc) is 2.75. The number of aromatic nitrogens is 2. The molecule has 8 nitrogen and oxygen atoms in total. The van der Waals surface area contributed by atoms with E-state index in [-0.39, 0.29) is 23.9 Å². The van der Waals surface area contributed by atoms with Crippen molar-refractivity contribution in [1.82, 2.24) is 9.55 Å². The highest BCUT2D eigenvalue weighted by molar-refractivity contribution is 5.93. The zero-order chi connectivity index (χ0) is 22.7. The minimum Gasteiger partial charge on any atom is -0.337 e. The molecule has 2 amide bonds. The van der Waals surface area contributed by atoms with Gasteiger partial charge in [-0.3, -0.25) is 19.0 Å². The topological polar surface area (TPSA) is 96.3 Å². The van der Waals surface area contributed by atoms with E-state index < -0.39 is 0 Å². The summed E-state index contributed by atoms with van der Waals surface area (Å²) < 4.78 is 1.41. The second kappa shape index (κ2) is 9.05. The van der Waals surface area contributed by atoms with E-state index in [9.17, 15) is 14.4 Å². The number of rotatable bonds is 5. The van der Waals surface area contributed by atoms with Gasteiger partial charge >= 0.3 is 0 Å². The second-order valence-corrected chi connectivity index (χ2v) is 7.87. The van der Waals surface area contributed by atoms with Gasteiger partial charge < -0.3 is 15.5 Å². The van der Waals surface area contributed by atoms with Gasteiger partial charge in [0.1, 0.15) is 6.54 Å². The van der Waals surface area contributed by atoms with Crippen LogP contribution in [0.3, 0.4) is 0 Å². The number of anilines is 3. The van der Waals surface area contributed by atoms with Crippen LogP contribution >= 0.6 is 0 Å². The van der Waals surface area contributed by atoms with E-state index in [2.05, 4.69) is 27.8 Å². The lowest BCUT2D eigenvalue weighted by atomic mass is 10.0. The van der Waals surface area contributed by atoms with Crippen molar-refractivity contribution in [2.75, 3.05) is 22.1 Å². The van der Waals surface area contributed by atoms with Crippen molar-refractivity contribution in [2.45, 2.75) is 33.4 Å². The van der Waals surface area contributed by atoms with Gasteiger partial charge in [0.25, 0.3) is 5.56 Å². The van der Waals surface area contributed by atoms with Crippen LogP contribution in [-0.2, 0) is 29.1 Å². The molecule has 1 aliphatic rings. The van der Waals surface area contributed by atoms with Crippen LogP contribution in [0.1, 0.15) is 23.7 Å². The lowest BCUT2D eigenvalue weighted by Crippen LogP contribution is -2.38. The van der Waals surface area contributed by atoms with Gasteiger partial charge in [-0.25, -0.2) is 4.98 Å². The molecular formula is C24H25N5O3. The summed E-state index contributed by atoms with van der Waals surface area (Å²) in [5, 5.41) is 5.48. The Bertz CT molecular complexity index is 1230. The number of amides is 2. The molecule has 0 unspecified atom stereocenters. The second-order valence-electron chi connectivity index (χ2n) is 7.87. The lowest BCUT2D eigenvalue weighted by molar-refractivity contribution is -0.117. The largest absolute Gasteiger partial charge is 0.337 e. The first-order valence-electron chi connectivity index (χ1n) is 10.5. The van der Waals surface area contributed by atoms with Gasteiger partial charge in [0.2, 0.25) is 17.8 Å². The monoisotopic (exact) mass is 431 g/mol. The predicted molar refractivity (Wildman–Crippen MR) is 124 cm³/mol. The molecule has 2 N–H and O–H groups in total. The Labute approximate surface area is 185 Å². The van der Waals surface area contributed by atoms with E-state index in [0.717, 1.165) is 6.42 Å². The normalized spacial score (nSPS) is 12.8. The van der Waals surface area contributed by atoms with Gasteiger partial charge in [-0.1, -0.05) is 30.3 Å². The van der Waals surface area contributed by atoms with Crippen LogP contribution in [-0.4, -0.2) is 27.9 Å². The van der Waals surface area contributed by atoms with Crippen LogP contribution in [0.4, 0.5) is 17.3 Å². The van der Waals surface area contributed by atoms with Crippen LogP contribution in [0.2, 0.25) is 0 Å². The molecule has 0 aliphatic carbocycles. The Morgan fingerprint density at radius 2 is 1.72 bits per heavy atom. The van der Waals surface area contributed by atoms with Crippen LogP contribution < -0.4 is 21.1 Å². The van der Waals surface area contributed by atoms with E-state index in [4.69, 9.17) is 0 Å². The molecule has 32 heavy (non-hydrogen) atoms. The third-order valence-corrected chi connectivity index (χ3v) is 5.30. The van der Waals surface area contributed by atoms with Crippen molar-refractivity contribution >= 4 is 29.1 Å². The van der Waals surface area contributed by atoms with Crippen molar-refractivity contribution in [2.24, 2.45) is 0 Å². The van der Waals surface area contributed by atoms with Crippen LogP contribution in [0, 0.1) is 6.92 Å². The molecule has 0 radical (unpaired) electrons. The van der Waals surface area contributed by atoms with Gasteiger partial charge in [0.15, 0.2) is 0 Å². The maximum Gasteiger partial charge on any atom is 0.255 e. The molecule has 0 fully saturated rings. The maximum atomic E-state index is 12.8. The van der Waals surface area contributed by atoms with Crippen molar-refractivity contribution in [3.8, 4) is 0 Å². The summed E-state index contributed by atoms with van der Waals surface area (Å²) in [5.74, 6) is -0.0541. The Morgan fingerprint density at radius 1 is 1.00 bits per heavy atom. The molecule has 1 aliphatic heterocycles. The smallest absolute Gasteiger partial charge is 0.255 e. The summed E-state index contributed by atoms with van der Waals surface area (Å²) in [4.78, 5) is 43.5. The average molecular weight is 431 g/mol. The van der Waals surface area contributed by atoms with Crippen molar-refractivity contribution in [1.29, 1.82) is 0 Å². The first-order valence-corrected chi connectivity index (χ1v) is 10.5. The van der Waals surface area contributed by atoms with Gasteiger partial charge in [0.05, 0.1) is 0 Å². The van der Waals surface area contributed by atoms with Crippen LogP contribution in [0.5, 0.6) is 0 Å². The molecule has 164 valence electrons. The minimum absolute atomic E-state index is 0.163. The SMILES string of the molecule is CC(=O)Nc1cccc(NC(=O)Cn2c(N3CCc4ccccc4C3)nc(C)cc2=O)c1. The van der Waals surface area contributed by atoms with Crippen molar-refractivity contribution in [3.05, 3.63) is 81.8 Å². The Balaban J connectivity index is 1.56. The van der Waals surface area contributed by atoms with E-state index in [1.165, 1.54) is 28.7 Å². The zero-order valence-electron chi connectivity index (χ0n) is 18.1. The first-order chi connectivity index (χ1) is 15.4. The molecule has 0 spiro atoms. The number of aryl methyl sites for hydroxylation is 1. The third kappa shape index (κ3) is 4.85. The zero-order valence-corrected chi connectivity index (χ0v) is 18.1. The van der Waals surface area contributed by atoms with E-state index in [1.54, 1.807) is 31.2 Å². The van der Waals surface area contributed by atoms with Crippen LogP contribution in [0.15, 0.2) is 59.4 Å². The molecule has 0 bridgehead atoms. The fourth-order valence-corrected chi connectivity index (χ4v) is 3.88. The number of fused-ring (bicyclic) bond motifs is 1. The molecule has 8 heteroatoms. The van der Waals surface area contributed by atoms with Crippen molar-refractivity contribution in [3.63, 3.8) is 0 Å². The quantitative estimate of drug-likeness (QED) is 0.648. The molecule has 0 atom stereocenters. The molecule has 3 aromatic rings. The summed E-state index contributed by atoms with van der Waals surface area (Å²) in [6.07, 6.45) is 0.849. The highest BCUT2D eigenvalue weighted by Crippen LogP contribution is 2.23. The maximum absolute atomic E-state index is 12.8. The molecule has 1 aromatic heterocycles. The number of carbonyl (C=O) groups is 2. The Kier molecular flexibility index (Phi) is 6.02. The number of benzene rings is 2. The van der Waals surface area contributed by atoms with E-state index in [0.29, 0.717) is 36.1 Å². The standard InChI is InChI=1S/C24H25N5O3/c1-16-12-23(32)29(15-22(31)27-21-9-5-8-20(13-21)26-17(2)30)24(25-16)28-11-10-18-6-3-4-7-19(18)14-28/h3-9,12-13H,10-11,14-15H2,1-2H3,(H,26,30)(H,27,31). The fourth-order valence-electron chi connectivity index (χ4n) is 3.88. The summed E-state index contributed by atoms with van der Waals surface area (Å²) in [6, 6.07) is 16.5. The molecule has 0 saturated carbocycles. The van der Waals surface area contributed by atoms with E-state index >= 15 is 0 Å². The summed E-state index contributed by atoms with van der Waals surface area (Å²) >= 11 is 0. The molecular weight excluding hydrogens is 406 g/mol. The predicted octanol–water partition coefficient (Wildman–Crippen LogP) is 2.71. The Morgan fingerprint density at radius 3 is 2.47 bits per heavy atom. The van der Waals surface area contributed by atoms with Crippen molar-refractivity contribution < 1.29 is 9.59 Å². The number of nitrogens with zero attached hydrogens (tertiary/aromatic N) is 3. The van der Waals surface area contributed by atoms with Gasteiger partial charge in [-0.2, -0.15) is 0 Å². The third-order valence-electron chi connectivity index (χ3n) is 5.30. The molecule has 2 aromatic carbocycles. The molecule has 2 heterocycles. The number of carbonyl (C=O) groups excluding carboxylic acids is 2. The molecule has 0 saturated heterocycles. The lowest BCUT2D eigenvalue weighted by Gasteiger charge is -2.31. The minimum atomic E-state index is -0.351. The van der Waals surface area contributed by atoms with Gasteiger partial charge in [-0.15, -0.1) is 0 Å². The molecule has 4 rings (SSSR count). The number of hydrogen-bond donors (Lipinski definition) is 2. The number of nitrogens with one attached hydrogen (secondary N) is 2. The highest BCUT2D eigenvalue weighted by atomic mass is 16.2. The summed E-state index contributed by atoms with van der Waals surface area (Å²) in [7, 11) is 0. The highest BCUT2D eigenvalue weighted by Gasteiger charge is 2.22. The van der Waals surface area contributed by atoms with Gasteiger partial charge in [-0.05, 0) is 42.7 Å². The van der Waals surface area contributed by atoms with Crippen LogP contribution in [0.25, 0.3) is 0 Å². The first kappa shape index (κ1) is 21.3. The van der Waals surface area contributed by atoms with Gasteiger partial charge in [0, 0.05) is 43.1 Å². The van der Waals surface area contributed by atoms with E-state index in [1.807, 2.05) is 17.0 Å². The summed E-state index contributed by atoms with van der Waals surface area (Å²) in [6.45, 7) is 4.38.